The van der Waals surface area contributed by atoms with E-state index in [0.717, 1.165) is 22.3 Å². The normalized spacial score (nSPS) is 19.2. The van der Waals surface area contributed by atoms with E-state index in [2.05, 4.69) is 34.9 Å². The molecule has 0 aliphatic heterocycles. The number of fused-ring (bicyclic) bond motifs is 3. The van der Waals surface area contributed by atoms with Gasteiger partial charge >= 0.3 is 12.1 Å². The zero-order valence-electron chi connectivity index (χ0n) is 18.9. The van der Waals surface area contributed by atoms with Crippen molar-refractivity contribution in [3.8, 4) is 11.1 Å². The lowest BCUT2D eigenvalue weighted by Gasteiger charge is -2.21. The van der Waals surface area contributed by atoms with E-state index in [4.69, 9.17) is 9.84 Å². The number of amides is 2. The van der Waals surface area contributed by atoms with Crippen molar-refractivity contribution in [2.75, 3.05) is 18.6 Å². The minimum Gasteiger partial charge on any atom is -0.481 e. The van der Waals surface area contributed by atoms with Crippen molar-refractivity contribution in [3.63, 3.8) is 0 Å². The molecule has 0 radical (unpaired) electrons. The predicted octanol–water partition coefficient (Wildman–Crippen LogP) is 3.79. The Morgan fingerprint density at radius 2 is 1.71 bits per heavy atom. The molecule has 2 unspecified atom stereocenters. The topological polar surface area (TPSA) is 105 Å². The summed E-state index contributed by atoms with van der Waals surface area (Å²) in [5.74, 6) is -1.25. The average molecular weight is 481 g/mol. The number of thioether (sulfide) groups is 1. The SMILES string of the molecule is CSCC[C@@H](NC(=O)OCC1c2ccccc2-c2ccccc21)C(=O)NC1C=CC(C(=O)O)C1. The van der Waals surface area contributed by atoms with E-state index in [9.17, 15) is 14.4 Å². The summed E-state index contributed by atoms with van der Waals surface area (Å²) in [7, 11) is 0. The maximum absolute atomic E-state index is 12.8. The third kappa shape index (κ3) is 5.28. The van der Waals surface area contributed by atoms with Crippen LogP contribution in [-0.4, -0.2) is 53.8 Å². The van der Waals surface area contributed by atoms with Crippen molar-refractivity contribution in [2.45, 2.75) is 30.8 Å². The Bertz CT molecular complexity index is 1060. The molecule has 0 bridgehead atoms. The van der Waals surface area contributed by atoms with Gasteiger partial charge in [-0.1, -0.05) is 60.7 Å². The van der Waals surface area contributed by atoms with E-state index < -0.39 is 24.0 Å². The monoisotopic (exact) mass is 480 g/mol. The highest BCUT2D eigenvalue weighted by molar-refractivity contribution is 7.98. The van der Waals surface area contributed by atoms with Crippen LogP contribution in [0.5, 0.6) is 0 Å². The second-order valence-electron chi connectivity index (χ2n) is 8.48. The number of alkyl carbamates (subject to hydrolysis) is 1. The summed E-state index contributed by atoms with van der Waals surface area (Å²) in [5, 5.41) is 14.7. The fourth-order valence-corrected chi connectivity index (χ4v) is 5.03. The molecule has 0 fully saturated rings. The Labute approximate surface area is 203 Å². The molecule has 178 valence electrons. The Balaban J connectivity index is 1.37. The van der Waals surface area contributed by atoms with Gasteiger partial charge in [0.1, 0.15) is 12.6 Å². The molecule has 34 heavy (non-hydrogen) atoms. The third-order valence-corrected chi connectivity index (χ3v) is 6.94. The first-order valence-electron chi connectivity index (χ1n) is 11.3. The zero-order chi connectivity index (χ0) is 24.1. The summed E-state index contributed by atoms with van der Waals surface area (Å²) < 4.78 is 5.59. The fraction of sp³-hybridized carbons (Fsp3) is 0.346. The Morgan fingerprint density at radius 3 is 2.29 bits per heavy atom. The first-order valence-corrected chi connectivity index (χ1v) is 12.7. The number of carbonyl (C=O) groups is 3. The minimum absolute atomic E-state index is 0.0618. The van der Waals surface area contributed by atoms with E-state index >= 15 is 0 Å². The van der Waals surface area contributed by atoms with Gasteiger partial charge in [-0.2, -0.15) is 11.8 Å². The van der Waals surface area contributed by atoms with Crippen molar-refractivity contribution >= 4 is 29.7 Å². The van der Waals surface area contributed by atoms with Crippen molar-refractivity contribution in [3.05, 3.63) is 71.8 Å². The van der Waals surface area contributed by atoms with Crippen molar-refractivity contribution in [1.29, 1.82) is 0 Å². The number of nitrogens with one attached hydrogen (secondary N) is 2. The molecule has 0 saturated carbocycles. The number of hydrogen-bond acceptors (Lipinski definition) is 5. The molecule has 2 aromatic rings. The van der Waals surface area contributed by atoms with Gasteiger partial charge in [0.25, 0.3) is 0 Å². The lowest BCUT2D eigenvalue weighted by molar-refractivity contribution is -0.140. The predicted molar refractivity (Wildman–Crippen MR) is 132 cm³/mol. The molecular formula is C26H28N2O5S. The Kier molecular flexibility index (Phi) is 7.57. The first kappa shape index (κ1) is 23.9. The van der Waals surface area contributed by atoms with Gasteiger partial charge in [0.2, 0.25) is 5.91 Å². The lowest BCUT2D eigenvalue weighted by Crippen LogP contribution is -2.49. The average Bonchev–Trinajstić information content (AvgIpc) is 3.43. The van der Waals surface area contributed by atoms with Crippen LogP contribution in [-0.2, 0) is 14.3 Å². The van der Waals surface area contributed by atoms with Gasteiger partial charge in [-0.05, 0) is 47.1 Å². The summed E-state index contributed by atoms with van der Waals surface area (Å²) in [6.07, 6.45) is 5.31. The van der Waals surface area contributed by atoms with Crippen LogP contribution in [0.15, 0.2) is 60.7 Å². The standard InChI is InChI=1S/C26H28N2O5S/c1-34-13-12-23(24(29)27-17-11-10-16(14-17)25(30)31)28-26(32)33-15-22-20-8-4-2-6-18(20)19-7-3-5-9-21(19)22/h2-11,16-17,22-23H,12-15H2,1H3,(H,27,29)(H,28,32)(H,30,31)/t16?,17?,23-/m1/s1. The van der Waals surface area contributed by atoms with Crippen LogP contribution in [0.3, 0.4) is 0 Å². The molecule has 2 aliphatic carbocycles. The van der Waals surface area contributed by atoms with Crippen LogP contribution < -0.4 is 10.6 Å². The number of ether oxygens (including phenoxy) is 1. The van der Waals surface area contributed by atoms with Gasteiger partial charge in [-0.25, -0.2) is 4.79 Å². The first-order chi connectivity index (χ1) is 16.5. The second kappa shape index (κ2) is 10.8. The maximum atomic E-state index is 12.8. The quantitative estimate of drug-likeness (QED) is 0.472. The summed E-state index contributed by atoms with van der Waals surface area (Å²) in [6.45, 7) is 0.169. The minimum atomic E-state index is -0.913. The van der Waals surface area contributed by atoms with Gasteiger partial charge in [0.05, 0.1) is 5.92 Å². The molecule has 8 heteroatoms. The molecule has 2 amide bonds. The number of carboxylic acid groups (broad SMARTS) is 1. The summed E-state index contributed by atoms with van der Waals surface area (Å²) >= 11 is 1.58. The van der Waals surface area contributed by atoms with Gasteiger partial charge < -0.3 is 20.5 Å². The Hall–Kier alpha value is -3.26. The van der Waals surface area contributed by atoms with Crippen LogP contribution in [0.25, 0.3) is 11.1 Å². The summed E-state index contributed by atoms with van der Waals surface area (Å²) in [4.78, 5) is 36.6. The highest BCUT2D eigenvalue weighted by Gasteiger charge is 2.31. The number of benzene rings is 2. The van der Waals surface area contributed by atoms with Gasteiger partial charge in [-0.15, -0.1) is 0 Å². The summed E-state index contributed by atoms with van der Waals surface area (Å²) in [5.41, 5.74) is 4.53. The molecule has 0 heterocycles. The molecule has 4 rings (SSSR count). The largest absolute Gasteiger partial charge is 0.481 e. The second-order valence-corrected chi connectivity index (χ2v) is 9.47. The van der Waals surface area contributed by atoms with Crippen LogP contribution in [0, 0.1) is 5.92 Å². The van der Waals surface area contributed by atoms with Crippen LogP contribution in [0.4, 0.5) is 4.79 Å². The fourth-order valence-electron chi connectivity index (χ4n) is 4.56. The number of carboxylic acids is 1. The van der Waals surface area contributed by atoms with Crippen molar-refractivity contribution in [2.24, 2.45) is 5.92 Å². The van der Waals surface area contributed by atoms with E-state index in [-0.39, 0.29) is 24.5 Å². The van der Waals surface area contributed by atoms with E-state index in [1.807, 2.05) is 30.5 Å². The van der Waals surface area contributed by atoms with Crippen molar-refractivity contribution in [1.82, 2.24) is 10.6 Å². The van der Waals surface area contributed by atoms with E-state index in [0.29, 0.717) is 18.6 Å². The van der Waals surface area contributed by atoms with Gasteiger partial charge in [-0.3, -0.25) is 9.59 Å². The molecule has 0 aromatic heterocycles. The molecule has 0 saturated heterocycles. The molecule has 3 N–H and O–H groups in total. The molecule has 0 spiro atoms. The van der Waals surface area contributed by atoms with Crippen molar-refractivity contribution < 1.29 is 24.2 Å². The van der Waals surface area contributed by atoms with Gasteiger partial charge in [0.15, 0.2) is 0 Å². The molecule has 2 aliphatic rings. The highest BCUT2D eigenvalue weighted by Crippen LogP contribution is 2.44. The van der Waals surface area contributed by atoms with Crippen LogP contribution in [0.1, 0.15) is 29.9 Å². The van der Waals surface area contributed by atoms with E-state index in [1.165, 1.54) is 0 Å². The van der Waals surface area contributed by atoms with Crippen LogP contribution >= 0.6 is 11.8 Å². The number of carbonyl (C=O) groups excluding carboxylic acids is 2. The smallest absolute Gasteiger partial charge is 0.407 e. The third-order valence-electron chi connectivity index (χ3n) is 6.29. The Morgan fingerprint density at radius 1 is 1.06 bits per heavy atom. The number of aliphatic carboxylic acids is 1. The number of hydrogen-bond donors (Lipinski definition) is 3. The van der Waals surface area contributed by atoms with Gasteiger partial charge in [0, 0.05) is 12.0 Å². The molecule has 2 aromatic carbocycles. The van der Waals surface area contributed by atoms with E-state index in [1.54, 1.807) is 23.9 Å². The maximum Gasteiger partial charge on any atom is 0.407 e. The molecular weight excluding hydrogens is 452 g/mol. The lowest BCUT2D eigenvalue weighted by atomic mass is 9.98. The number of rotatable bonds is 9. The highest BCUT2D eigenvalue weighted by atomic mass is 32.2. The van der Waals surface area contributed by atoms with Crippen LogP contribution in [0.2, 0.25) is 0 Å². The molecule has 3 atom stereocenters. The molecule has 7 nitrogen and oxygen atoms in total. The zero-order valence-corrected chi connectivity index (χ0v) is 19.7. The summed E-state index contributed by atoms with van der Waals surface area (Å²) in [6, 6.07) is 15.1.